The summed E-state index contributed by atoms with van der Waals surface area (Å²) in [6.07, 6.45) is 0. The number of thioether (sulfide) groups is 1. The van der Waals surface area contributed by atoms with Crippen molar-refractivity contribution in [3.05, 3.63) is 24.3 Å². The Morgan fingerprint density at radius 3 is 3.00 bits per heavy atom. The standard InChI is InChI=1S/C12H17NO3S/c1-9(7-14)17-8-12(15)13-10-4-3-5-11(6-10)16-2/h3-6,9,14H,7-8H2,1-2H3,(H,13,15). The molecular weight excluding hydrogens is 238 g/mol. The maximum absolute atomic E-state index is 11.6. The summed E-state index contributed by atoms with van der Waals surface area (Å²) >= 11 is 1.42. The topological polar surface area (TPSA) is 58.6 Å². The summed E-state index contributed by atoms with van der Waals surface area (Å²) in [4.78, 5) is 11.6. The van der Waals surface area contributed by atoms with Gasteiger partial charge in [0, 0.05) is 17.0 Å². The molecule has 5 heteroatoms. The summed E-state index contributed by atoms with van der Waals surface area (Å²) in [5.41, 5.74) is 0.714. The summed E-state index contributed by atoms with van der Waals surface area (Å²) in [5.74, 6) is 0.960. The SMILES string of the molecule is COc1cccc(NC(=O)CSC(C)CO)c1. The first kappa shape index (κ1) is 13.9. The number of aliphatic hydroxyl groups excluding tert-OH is 1. The van der Waals surface area contributed by atoms with Crippen LogP contribution in [-0.4, -0.2) is 35.7 Å². The fourth-order valence-corrected chi connectivity index (χ4v) is 1.78. The average Bonchev–Trinajstić information content (AvgIpc) is 2.36. The number of nitrogens with one attached hydrogen (secondary N) is 1. The lowest BCUT2D eigenvalue weighted by molar-refractivity contribution is -0.113. The Morgan fingerprint density at radius 2 is 2.35 bits per heavy atom. The number of hydrogen-bond acceptors (Lipinski definition) is 4. The van der Waals surface area contributed by atoms with Crippen LogP contribution in [0.4, 0.5) is 5.69 Å². The van der Waals surface area contributed by atoms with Gasteiger partial charge in [0.05, 0.1) is 19.5 Å². The third-order valence-electron chi connectivity index (χ3n) is 2.11. The van der Waals surface area contributed by atoms with Crippen LogP contribution in [0.3, 0.4) is 0 Å². The lowest BCUT2D eigenvalue weighted by Crippen LogP contribution is -2.16. The highest BCUT2D eigenvalue weighted by Gasteiger charge is 2.06. The number of anilines is 1. The van der Waals surface area contributed by atoms with Gasteiger partial charge in [0.25, 0.3) is 0 Å². The molecule has 0 radical (unpaired) electrons. The fourth-order valence-electron chi connectivity index (χ4n) is 1.17. The molecule has 0 spiro atoms. The Labute approximate surface area is 105 Å². The van der Waals surface area contributed by atoms with Crippen molar-refractivity contribution >= 4 is 23.4 Å². The van der Waals surface area contributed by atoms with Gasteiger partial charge in [0.1, 0.15) is 5.75 Å². The van der Waals surface area contributed by atoms with Crippen LogP contribution in [0.15, 0.2) is 24.3 Å². The van der Waals surface area contributed by atoms with Gasteiger partial charge in [-0.1, -0.05) is 13.0 Å². The van der Waals surface area contributed by atoms with E-state index < -0.39 is 0 Å². The second-order valence-corrected chi connectivity index (χ2v) is 5.01. The third-order valence-corrected chi connectivity index (χ3v) is 3.26. The second kappa shape index (κ2) is 7.19. The van der Waals surface area contributed by atoms with Gasteiger partial charge in [0.2, 0.25) is 5.91 Å². The summed E-state index contributed by atoms with van der Waals surface area (Å²) in [6, 6.07) is 7.20. The van der Waals surface area contributed by atoms with E-state index in [0.717, 1.165) is 0 Å². The molecule has 94 valence electrons. The van der Waals surface area contributed by atoms with Crippen molar-refractivity contribution in [1.29, 1.82) is 0 Å². The molecule has 0 aliphatic heterocycles. The van der Waals surface area contributed by atoms with Crippen LogP contribution in [0, 0.1) is 0 Å². The van der Waals surface area contributed by atoms with Crippen LogP contribution >= 0.6 is 11.8 Å². The maximum atomic E-state index is 11.6. The Morgan fingerprint density at radius 1 is 1.59 bits per heavy atom. The average molecular weight is 255 g/mol. The van der Waals surface area contributed by atoms with E-state index in [1.165, 1.54) is 11.8 Å². The van der Waals surface area contributed by atoms with E-state index in [4.69, 9.17) is 9.84 Å². The van der Waals surface area contributed by atoms with Gasteiger partial charge in [0.15, 0.2) is 0 Å². The van der Waals surface area contributed by atoms with Gasteiger partial charge in [-0.25, -0.2) is 0 Å². The molecule has 0 saturated carbocycles. The molecule has 2 N–H and O–H groups in total. The van der Waals surface area contributed by atoms with Gasteiger partial charge in [-0.3, -0.25) is 4.79 Å². The summed E-state index contributed by atoms with van der Waals surface area (Å²) < 4.78 is 5.06. The minimum Gasteiger partial charge on any atom is -0.497 e. The van der Waals surface area contributed by atoms with Gasteiger partial charge >= 0.3 is 0 Å². The van der Waals surface area contributed by atoms with E-state index in [-0.39, 0.29) is 17.8 Å². The van der Waals surface area contributed by atoms with E-state index in [2.05, 4.69) is 5.32 Å². The first-order chi connectivity index (χ1) is 8.15. The highest BCUT2D eigenvalue weighted by atomic mass is 32.2. The predicted octanol–water partition coefficient (Wildman–Crippen LogP) is 1.75. The summed E-state index contributed by atoms with van der Waals surface area (Å²) in [6.45, 7) is 1.96. The quantitative estimate of drug-likeness (QED) is 0.813. The van der Waals surface area contributed by atoms with Crippen molar-refractivity contribution in [2.75, 3.05) is 24.8 Å². The Hall–Kier alpha value is -1.20. The molecule has 0 heterocycles. The van der Waals surface area contributed by atoms with Crippen molar-refractivity contribution in [2.45, 2.75) is 12.2 Å². The number of benzene rings is 1. The molecule has 0 saturated heterocycles. The molecule has 1 aromatic carbocycles. The summed E-state index contributed by atoms with van der Waals surface area (Å²) in [7, 11) is 1.58. The van der Waals surface area contributed by atoms with Gasteiger partial charge in [-0.15, -0.1) is 11.8 Å². The van der Waals surface area contributed by atoms with Crippen LogP contribution in [0.5, 0.6) is 5.75 Å². The van der Waals surface area contributed by atoms with Crippen LogP contribution in [0.2, 0.25) is 0 Å². The lowest BCUT2D eigenvalue weighted by atomic mass is 10.3. The molecule has 1 unspecified atom stereocenters. The number of carbonyl (C=O) groups is 1. The van der Waals surface area contributed by atoms with Crippen LogP contribution < -0.4 is 10.1 Å². The van der Waals surface area contributed by atoms with E-state index in [1.54, 1.807) is 19.2 Å². The molecule has 0 fully saturated rings. The highest BCUT2D eigenvalue weighted by Crippen LogP contribution is 2.17. The van der Waals surface area contributed by atoms with Crippen molar-refractivity contribution in [3.63, 3.8) is 0 Å². The van der Waals surface area contributed by atoms with Gasteiger partial charge < -0.3 is 15.2 Å². The normalized spacial score (nSPS) is 11.9. The van der Waals surface area contributed by atoms with E-state index >= 15 is 0 Å². The number of methoxy groups -OCH3 is 1. The second-order valence-electron chi connectivity index (χ2n) is 3.58. The molecule has 1 rings (SSSR count). The first-order valence-electron chi connectivity index (χ1n) is 5.32. The zero-order valence-corrected chi connectivity index (χ0v) is 10.8. The molecule has 17 heavy (non-hydrogen) atoms. The minimum absolute atomic E-state index is 0.0751. The lowest BCUT2D eigenvalue weighted by Gasteiger charge is -2.09. The number of hydrogen-bond donors (Lipinski definition) is 2. The van der Waals surface area contributed by atoms with E-state index in [9.17, 15) is 4.79 Å². The molecule has 0 aliphatic carbocycles. The minimum atomic E-state index is -0.0800. The van der Waals surface area contributed by atoms with E-state index in [0.29, 0.717) is 17.2 Å². The fraction of sp³-hybridized carbons (Fsp3) is 0.417. The molecule has 0 aromatic heterocycles. The van der Waals surface area contributed by atoms with Crippen molar-refractivity contribution < 1.29 is 14.6 Å². The maximum Gasteiger partial charge on any atom is 0.234 e. The number of ether oxygens (including phenoxy) is 1. The number of rotatable bonds is 6. The Kier molecular flexibility index (Phi) is 5.86. The third kappa shape index (κ3) is 5.10. The van der Waals surface area contributed by atoms with Crippen LogP contribution in [0.25, 0.3) is 0 Å². The molecule has 1 amide bonds. The highest BCUT2D eigenvalue weighted by molar-refractivity contribution is 8.00. The van der Waals surface area contributed by atoms with Crippen molar-refractivity contribution in [2.24, 2.45) is 0 Å². The smallest absolute Gasteiger partial charge is 0.234 e. The van der Waals surface area contributed by atoms with E-state index in [1.807, 2.05) is 19.1 Å². The molecule has 1 atom stereocenters. The predicted molar refractivity (Wildman–Crippen MR) is 70.6 cm³/mol. The monoisotopic (exact) mass is 255 g/mol. The van der Waals surface area contributed by atoms with Gasteiger partial charge in [-0.2, -0.15) is 0 Å². The molecule has 0 aliphatic rings. The Bertz CT molecular complexity index is 371. The largest absolute Gasteiger partial charge is 0.497 e. The van der Waals surface area contributed by atoms with Crippen molar-refractivity contribution in [1.82, 2.24) is 0 Å². The Balaban J connectivity index is 2.44. The van der Waals surface area contributed by atoms with Crippen LogP contribution in [0.1, 0.15) is 6.92 Å². The molecular formula is C12H17NO3S. The molecule has 1 aromatic rings. The zero-order valence-electron chi connectivity index (χ0n) is 9.97. The van der Waals surface area contributed by atoms with Gasteiger partial charge in [-0.05, 0) is 12.1 Å². The zero-order chi connectivity index (χ0) is 12.7. The first-order valence-corrected chi connectivity index (χ1v) is 6.37. The summed E-state index contributed by atoms with van der Waals surface area (Å²) in [5, 5.41) is 11.7. The number of amides is 1. The molecule has 0 bridgehead atoms. The molecule has 4 nitrogen and oxygen atoms in total. The number of aliphatic hydroxyl groups is 1. The van der Waals surface area contributed by atoms with Crippen LogP contribution in [-0.2, 0) is 4.79 Å². The number of carbonyl (C=O) groups excluding carboxylic acids is 1. The van der Waals surface area contributed by atoms with Crippen molar-refractivity contribution in [3.8, 4) is 5.75 Å².